The summed E-state index contributed by atoms with van der Waals surface area (Å²) in [6.07, 6.45) is 14.0. The predicted octanol–water partition coefficient (Wildman–Crippen LogP) is 4.30. The molecular formula is C14H23NO2S. The van der Waals surface area contributed by atoms with Crippen LogP contribution < -0.4 is 4.87 Å². The Morgan fingerprint density at radius 1 is 1.17 bits per heavy atom. The lowest BCUT2D eigenvalue weighted by Gasteiger charge is -1.98. The van der Waals surface area contributed by atoms with Gasteiger partial charge in [-0.3, -0.25) is 9.78 Å². The minimum absolute atomic E-state index is 0.0131. The monoisotopic (exact) mass is 269 g/mol. The van der Waals surface area contributed by atoms with Gasteiger partial charge < -0.3 is 5.11 Å². The zero-order chi connectivity index (χ0) is 13.2. The maximum absolute atomic E-state index is 10.9. The number of H-pyrrole nitrogens is 1. The van der Waals surface area contributed by atoms with E-state index in [4.69, 9.17) is 0 Å². The summed E-state index contributed by atoms with van der Waals surface area (Å²) in [5.74, 6) is -0.0131. The van der Waals surface area contributed by atoms with Gasteiger partial charge in [-0.1, -0.05) is 62.9 Å². The normalized spacial score (nSPS) is 11.4. The number of unbranched alkanes of at least 4 members (excludes halogenated alkanes) is 7. The Hall–Kier alpha value is -1.03. The summed E-state index contributed by atoms with van der Waals surface area (Å²) in [6, 6.07) is 0. The molecule has 1 heterocycles. The van der Waals surface area contributed by atoms with Crippen LogP contribution >= 0.6 is 11.3 Å². The first-order valence-corrected chi connectivity index (χ1v) is 7.64. The third-order valence-corrected chi connectivity index (χ3v) is 3.74. The van der Waals surface area contributed by atoms with Crippen molar-refractivity contribution >= 4 is 17.4 Å². The average molecular weight is 269 g/mol. The zero-order valence-corrected chi connectivity index (χ0v) is 11.9. The molecule has 0 aliphatic carbocycles. The van der Waals surface area contributed by atoms with Crippen molar-refractivity contribution in [1.29, 1.82) is 0 Å². The minimum atomic E-state index is -0.205. The Morgan fingerprint density at radius 2 is 1.83 bits per heavy atom. The molecule has 1 aromatic heterocycles. The van der Waals surface area contributed by atoms with E-state index < -0.39 is 0 Å². The number of hydrogen-bond donors (Lipinski definition) is 2. The molecular weight excluding hydrogens is 246 g/mol. The smallest absolute Gasteiger partial charge is 0.307 e. The molecule has 0 aliphatic rings. The fourth-order valence-corrected chi connectivity index (χ4v) is 2.51. The highest BCUT2D eigenvalue weighted by Crippen LogP contribution is 2.18. The number of rotatable bonds is 9. The third kappa shape index (κ3) is 6.05. The molecule has 0 fully saturated rings. The van der Waals surface area contributed by atoms with E-state index in [9.17, 15) is 9.90 Å². The van der Waals surface area contributed by atoms with Gasteiger partial charge in [0.25, 0.3) is 0 Å². The second-order valence-electron chi connectivity index (χ2n) is 4.54. The van der Waals surface area contributed by atoms with Crippen molar-refractivity contribution in [2.75, 3.05) is 0 Å². The van der Waals surface area contributed by atoms with Crippen LogP contribution in [0.4, 0.5) is 0 Å². The van der Waals surface area contributed by atoms with Crippen LogP contribution in [0.2, 0.25) is 0 Å². The van der Waals surface area contributed by atoms with E-state index in [2.05, 4.69) is 11.9 Å². The van der Waals surface area contributed by atoms with Crippen LogP contribution in [0, 0.1) is 0 Å². The molecule has 102 valence electrons. The standard InChI is InChI=1S/C14H23NO2S/c1-2-3-4-5-6-7-8-9-10-11-12-13(16)15-14(17)18-12/h10-11,16H,2-9H2,1H3,(H,15,17). The molecule has 0 saturated carbocycles. The molecule has 2 N–H and O–H groups in total. The maximum atomic E-state index is 10.9. The van der Waals surface area contributed by atoms with Crippen molar-refractivity contribution < 1.29 is 5.11 Å². The molecule has 0 saturated heterocycles. The summed E-state index contributed by atoms with van der Waals surface area (Å²) in [4.78, 5) is 13.7. The molecule has 18 heavy (non-hydrogen) atoms. The summed E-state index contributed by atoms with van der Waals surface area (Å²) in [5, 5.41) is 9.36. The molecule has 0 aromatic carbocycles. The first-order valence-electron chi connectivity index (χ1n) is 6.82. The van der Waals surface area contributed by atoms with Crippen molar-refractivity contribution in [3.63, 3.8) is 0 Å². The fraction of sp³-hybridized carbons (Fsp3) is 0.643. The summed E-state index contributed by atoms with van der Waals surface area (Å²) in [7, 11) is 0. The molecule has 4 heteroatoms. The summed E-state index contributed by atoms with van der Waals surface area (Å²) < 4.78 is 0. The van der Waals surface area contributed by atoms with E-state index in [1.807, 2.05) is 12.2 Å². The lowest BCUT2D eigenvalue weighted by Crippen LogP contribution is -1.89. The molecule has 1 aromatic rings. The number of thiazole rings is 1. The van der Waals surface area contributed by atoms with Crippen LogP contribution in [0.25, 0.3) is 6.08 Å². The second-order valence-corrected chi connectivity index (χ2v) is 5.55. The van der Waals surface area contributed by atoms with Gasteiger partial charge >= 0.3 is 4.87 Å². The van der Waals surface area contributed by atoms with Crippen LogP contribution in [-0.4, -0.2) is 10.1 Å². The first kappa shape index (κ1) is 15.0. The van der Waals surface area contributed by atoms with Crippen molar-refractivity contribution in [3.05, 3.63) is 20.6 Å². The third-order valence-electron chi connectivity index (χ3n) is 2.90. The lowest BCUT2D eigenvalue weighted by molar-refractivity contribution is 0.455. The fourth-order valence-electron chi connectivity index (χ4n) is 1.85. The molecule has 0 aliphatic heterocycles. The molecule has 0 atom stereocenters. The van der Waals surface area contributed by atoms with E-state index >= 15 is 0 Å². The van der Waals surface area contributed by atoms with Crippen molar-refractivity contribution in [2.45, 2.75) is 58.3 Å². The highest BCUT2D eigenvalue weighted by molar-refractivity contribution is 7.10. The molecule has 0 amide bonds. The van der Waals surface area contributed by atoms with Crippen molar-refractivity contribution in [1.82, 2.24) is 4.98 Å². The van der Waals surface area contributed by atoms with Gasteiger partial charge in [-0.15, -0.1) is 0 Å². The van der Waals surface area contributed by atoms with E-state index in [1.54, 1.807) is 0 Å². The molecule has 3 nitrogen and oxygen atoms in total. The molecule has 0 radical (unpaired) electrons. The van der Waals surface area contributed by atoms with E-state index in [0.717, 1.165) is 17.8 Å². The van der Waals surface area contributed by atoms with Gasteiger partial charge in [-0.25, -0.2) is 0 Å². The quantitative estimate of drug-likeness (QED) is 0.657. The Kier molecular flexibility index (Phi) is 7.49. The minimum Gasteiger partial charge on any atom is -0.493 e. The van der Waals surface area contributed by atoms with Crippen molar-refractivity contribution in [2.24, 2.45) is 0 Å². The van der Waals surface area contributed by atoms with Gasteiger partial charge in [0, 0.05) is 0 Å². The zero-order valence-electron chi connectivity index (χ0n) is 11.1. The van der Waals surface area contributed by atoms with Crippen LogP contribution in [0.3, 0.4) is 0 Å². The van der Waals surface area contributed by atoms with Gasteiger partial charge in [0.05, 0.1) is 4.88 Å². The van der Waals surface area contributed by atoms with Crippen LogP contribution in [-0.2, 0) is 0 Å². The van der Waals surface area contributed by atoms with Crippen LogP contribution in [0.1, 0.15) is 63.2 Å². The summed E-state index contributed by atoms with van der Waals surface area (Å²) in [5.41, 5.74) is 0. The Balaban J connectivity index is 2.07. The van der Waals surface area contributed by atoms with Crippen molar-refractivity contribution in [3.8, 4) is 5.88 Å². The van der Waals surface area contributed by atoms with Gasteiger partial charge in [0.1, 0.15) is 0 Å². The topological polar surface area (TPSA) is 53.1 Å². The first-order chi connectivity index (χ1) is 8.74. The average Bonchev–Trinajstić information content (AvgIpc) is 2.66. The van der Waals surface area contributed by atoms with Gasteiger partial charge in [-0.05, 0) is 18.9 Å². The van der Waals surface area contributed by atoms with Gasteiger partial charge in [0.15, 0.2) is 0 Å². The number of aromatic nitrogens is 1. The number of aromatic amines is 1. The Bertz CT molecular complexity index is 406. The molecule has 0 bridgehead atoms. The van der Waals surface area contributed by atoms with Gasteiger partial charge in [0.2, 0.25) is 5.88 Å². The number of aromatic hydroxyl groups is 1. The number of allylic oxidation sites excluding steroid dienone is 1. The lowest BCUT2D eigenvalue weighted by atomic mass is 10.1. The summed E-state index contributed by atoms with van der Waals surface area (Å²) >= 11 is 1.04. The van der Waals surface area contributed by atoms with E-state index in [1.165, 1.54) is 44.9 Å². The highest BCUT2D eigenvalue weighted by atomic mass is 32.1. The Labute approximate surface area is 113 Å². The number of nitrogens with one attached hydrogen (secondary N) is 1. The molecule has 0 spiro atoms. The molecule has 1 rings (SSSR count). The predicted molar refractivity (Wildman–Crippen MR) is 78.2 cm³/mol. The second kappa shape index (κ2) is 8.97. The van der Waals surface area contributed by atoms with Crippen LogP contribution in [0.5, 0.6) is 5.88 Å². The number of hydrogen-bond acceptors (Lipinski definition) is 3. The SMILES string of the molecule is CCCCCCCCCC=Cc1sc(=O)[nH]c1O. The Morgan fingerprint density at radius 3 is 2.44 bits per heavy atom. The van der Waals surface area contributed by atoms with Gasteiger partial charge in [-0.2, -0.15) is 0 Å². The summed E-state index contributed by atoms with van der Waals surface area (Å²) in [6.45, 7) is 2.23. The highest BCUT2D eigenvalue weighted by Gasteiger charge is 2.01. The van der Waals surface area contributed by atoms with E-state index in [0.29, 0.717) is 4.88 Å². The van der Waals surface area contributed by atoms with E-state index in [-0.39, 0.29) is 10.8 Å². The van der Waals surface area contributed by atoms with Crippen LogP contribution in [0.15, 0.2) is 10.9 Å². The maximum Gasteiger partial charge on any atom is 0.307 e. The largest absolute Gasteiger partial charge is 0.493 e. The molecule has 0 unspecified atom stereocenters.